The van der Waals surface area contributed by atoms with Gasteiger partial charge in [0.2, 0.25) is 0 Å². The van der Waals surface area contributed by atoms with Crippen LogP contribution in [0.15, 0.2) is 47.5 Å². The molecule has 2 heterocycles. The number of aryl methyl sites for hydroxylation is 1. The van der Waals surface area contributed by atoms with E-state index in [-0.39, 0.29) is 5.56 Å². The van der Waals surface area contributed by atoms with Crippen molar-refractivity contribution >= 4 is 16.4 Å². The summed E-state index contributed by atoms with van der Waals surface area (Å²) in [5.74, 6) is 0. The molecule has 0 radical (unpaired) electrons. The lowest BCUT2D eigenvalue weighted by molar-refractivity contribution is 1.03. The van der Waals surface area contributed by atoms with Gasteiger partial charge in [0.1, 0.15) is 5.65 Å². The van der Waals surface area contributed by atoms with Crippen molar-refractivity contribution in [2.24, 2.45) is 0 Å². The smallest absolute Gasteiger partial charge is 0.260 e. The van der Waals surface area contributed by atoms with Crippen LogP contribution in [0, 0.1) is 6.92 Å². The molecule has 0 amide bonds. The Hall–Kier alpha value is -2.16. The third-order valence-corrected chi connectivity index (χ3v) is 2.77. The summed E-state index contributed by atoms with van der Waals surface area (Å²) in [6.07, 6.45) is 3.41. The van der Waals surface area contributed by atoms with Crippen LogP contribution in [0.2, 0.25) is 0 Å². The van der Waals surface area contributed by atoms with Gasteiger partial charge in [-0.1, -0.05) is 24.3 Å². The summed E-state index contributed by atoms with van der Waals surface area (Å²) in [6.45, 7) is 1.77. The highest BCUT2D eigenvalue weighted by Gasteiger charge is 2.03. The summed E-state index contributed by atoms with van der Waals surface area (Å²) in [5, 5.41) is 2.10. The van der Waals surface area contributed by atoms with Gasteiger partial charge in [-0.3, -0.25) is 9.20 Å². The highest BCUT2D eigenvalue weighted by molar-refractivity contribution is 5.93. The molecule has 0 saturated heterocycles. The summed E-state index contributed by atoms with van der Waals surface area (Å²) >= 11 is 0. The van der Waals surface area contributed by atoms with Gasteiger partial charge in [-0.05, 0) is 18.4 Å². The lowest BCUT2D eigenvalue weighted by Crippen LogP contribution is -2.16. The van der Waals surface area contributed by atoms with Crippen LogP contribution in [-0.4, -0.2) is 9.38 Å². The largest absolute Gasteiger partial charge is 0.269 e. The Morgan fingerprint density at radius 1 is 1.19 bits per heavy atom. The average molecular weight is 210 g/mol. The fourth-order valence-corrected chi connectivity index (χ4v) is 1.90. The molecule has 0 spiro atoms. The molecule has 3 heteroatoms. The van der Waals surface area contributed by atoms with Gasteiger partial charge in [0.05, 0.1) is 0 Å². The van der Waals surface area contributed by atoms with Gasteiger partial charge in [-0.25, -0.2) is 4.98 Å². The van der Waals surface area contributed by atoms with Gasteiger partial charge in [-0.2, -0.15) is 0 Å². The Morgan fingerprint density at radius 3 is 2.88 bits per heavy atom. The molecule has 1 aromatic carbocycles. The van der Waals surface area contributed by atoms with Crippen molar-refractivity contribution in [1.82, 2.24) is 9.38 Å². The monoisotopic (exact) mass is 210 g/mol. The van der Waals surface area contributed by atoms with E-state index in [9.17, 15) is 4.79 Å². The molecule has 2 aromatic heterocycles. The van der Waals surface area contributed by atoms with Crippen LogP contribution in [0.25, 0.3) is 16.4 Å². The van der Waals surface area contributed by atoms with Crippen molar-refractivity contribution < 1.29 is 0 Å². The number of nitrogens with zero attached hydrogens (tertiary/aromatic N) is 2. The third-order valence-electron chi connectivity index (χ3n) is 2.77. The van der Waals surface area contributed by atoms with Crippen molar-refractivity contribution in [2.75, 3.05) is 0 Å². The second kappa shape index (κ2) is 3.17. The first-order valence-electron chi connectivity index (χ1n) is 5.13. The molecular formula is C13H10N2O. The zero-order chi connectivity index (χ0) is 11.1. The number of aromatic nitrogens is 2. The molecule has 0 N–H and O–H groups in total. The molecule has 3 aromatic rings. The molecular weight excluding hydrogens is 200 g/mol. The van der Waals surface area contributed by atoms with E-state index in [2.05, 4.69) is 4.98 Å². The number of pyridine rings is 1. The highest BCUT2D eigenvalue weighted by Crippen LogP contribution is 2.16. The number of fused-ring (bicyclic) bond motifs is 3. The predicted octanol–water partition coefficient (Wildman–Crippen LogP) is 2.16. The molecule has 78 valence electrons. The molecule has 0 aliphatic heterocycles. The minimum atomic E-state index is -0.00393. The topological polar surface area (TPSA) is 34.4 Å². The highest BCUT2D eigenvalue weighted by atomic mass is 16.1. The maximum Gasteiger partial charge on any atom is 0.260 e. The fourth-order valence-electron chi connectivity index (χ4n) is 1.90. The molecule has 3 nitrogen and oxygen atoms in total. The molecule has 16 heavy (non-hydrogen) atoms. The first-order valence-corrected chi connectivity index (χ1v) is 5.13. The second-order valence-electron chi connectivity index (χ2n) is 3.84. The fraction of sp³-hybridized carbons (Fsp3) is 0.0769. The predicted molar refractivity (Wildman–Crippen MR) is 63.7 cm³/mol. The Labute approximate surface area is 92.0 Å². The maximum absolute atomic E-state index is 11.9. The molecule has 0 fully saturated rings. The lowest BCUT2D eigenvalue weighted by atomic mass is 10.1. The van der Waals surface area contributed by atoms with Gasteiger partial charge < -0.3 is 0 Å². The van der Waals surface area contributed by atoms with E-state index in [1.807, 2.05) is 30.3 Å². The van der Waals surface area contributed by atoms with E-state index in [4.69, 9.17) is 0 Å². The number of hydrogen-bond acceptors (Lipinski definition) is 2. The van der Waals surface area contributed by atoms with E-state index in [1.54, 1.807) is 23.7 Å². The second-order valence-corrected chi connectivity index (χ2v) is 3.84. The van der Waals surface area contributed by atoms with E-state index in [1.165, 1.54) is 0 Å². The Morgan fingerprint density at radius 2 is 2.00 bits per heavy atom. The Bertz CT molecular complexity index is 744. The molecule has 0 saturated carbocycles. The van der Waals surface area contributed by atoms with E-state index in [0.717, 1.165) is 10.8 Å². The van der Waals surface area contributed by atoms with Gasteiger partial charge in [-0.15, -0.1) is 0 Å². The van der Waals surface area contributed by atoms with Gasteiger partial charge in [0.15, 0.2) is 0 Å². The summed E-state index contributed by atoms with van der Waals surface area (Å²) in [4.78, 5) is 16.2. The molecule has 0 atom stereocenters. The summed E-state index contributed by atoms with van der Waals surface area (Å²) in [5.41, 5.74) is 1.37. The molecule has 0 unspecified atom stereocenters. The number of rotatable bonds is 0. The standard InChI is InChI=1S/C13H10N2O/c1-9-8-14-12-11-5-3-2-4-10(11)6-7-15(12)13(9)16/h2-8H,1H3. The van der Waals surface area contributed by atoms with Gasteiger partial charge >= 0.3 is 0 Å². The first-order chi connectivity index (χ1) is 7.77. The van der Waals surface area contributed by atoms with Crippen molar-refractivity contribution in [3.8, 4) is 0 Å². The summed E-state index contributed by atoms with van der Waals surface area (Å²) in [6, 6.07) is 9.86. The third kappa shape index (κ3) is 1.15. The average Bonchev–Trinajstić information content (AvgIpc) is 2.33. The van der Waals surface area contributed by atoms with E-state index < -0.39 is 0 Å². The SMILES string of the molecule is Cc1cnc2c3ccccc3ccn2c1=O. The summed E-state index contributed by atoms with van der Waals surface area (Å²) < 4.78 is 1.59. The maximum atomic E-state index is 11.9. The van der Waals surface area contributed by atoms with Crippen molar-refractivity contribution in [3.63, 3.8) is 0 Å². The van der Waals surface area contributed by atoms with Crippen LogP contribution in [0.1, 0.15) is 5.56 Å². The number of benzene rings is 1. The van der Waals surface area contributed by atoms with Crippen LogP contribution < -0.4 is 5.56 Å². The van der Waals surface area contributed by atoms with Crippen molar-refractivity contribution in [3.05, 3.63) is 58.6 Å². The molecule has 0 aliphatic carbocycles. The summed E-state index contributed by atoms with van der Waals surface area (Å²) in [7, 11) is 0. The minimum absolute atomic E-state index is 0.00393. The molecule has 0 aliphatic rings. The number of hydrogen-bond donors (Lipinski definition) is 0. The van der Waals surface area contributed by atoms with Gasteiger partial charge in [0, 0.05) is 23.3 Å². The van der Waals surface area contributed by atoms with Gasteiger partial charge in [0.25, 0.3) is 5.56 Å². The van der Waals surface area contributed by atoms with E-state index in [0.29, 0.717) is 11.2 Å². The van der Waals surface area contributed by atoms with Crippen LogP contribution in [-0.2, 0) is 0 Å². The Balaban J connectivity index is 2.63. The van der Waals surface area contributed by atoms with Crippen LogP contribution in [0.3, 0.4) is 0 Å². The van der Waals surface area contributed by atoms with Crippen LogP contribution in [0.4, 0.5) is 0 Å². The molecule has 3 rings (SSSR count). The van der Waals surface area contributed by atoms with Crippen molar-refractivity contribution in [2.45, 2.75) is 6.92 Å². The van der Waals surface area contributed by atoms with Crippen molar-refractivity contribution in [1.29, 1.82) is 0 Å². The molecule has 0 bridgehead atoms. The Kier molecular flexibility index (Phi) is 1.80. The zero-order valence-electron chi connectivity index (χ0n) is 8.84. The zero-order valence-corrected chi connectivity index (χ0v) is 8.84. The van der Waals surface area contributed by atoms with Crippen LogP contribution in [0.5, 0.6) is 0 Å². The quantitative estimate of drug-likeness (QED) is 0.533. The van der Waals surface area contributed by atoms with E-state index >= 15 is 0 Å². The lowest BCUT2D eigenvalue weighted by Gasteiger charge is -2.04. The minimum Gasteiger partial charge on any atom is -0.269 e. The first kappa shape index (κ1) is 9.09. The van der Waals surface area contributed by atoms with Crippen LogP contribution >= 0.6 is 0 Å². The normalized spacial score (nSPS) is 11.1.